The van der Waals surface area contributed by atoms with Crippen molar-refractivity contribution < 1.29 is 24.5 Å². The minimum Gasteiger partial charge on any atom is -0.462 e. The molecule has 0 aliphatic carbocycles. The summed E-state index contributed by atoms with van der Waals surface area (Å²) in [5.41, 5.74) is 0. The topological polar surface area (TPSA) is 95.9 Å². The van der Waals surface area contributed by atoms with E-state index in [4.69, 9.17) is 4.74 Å². The highest BCUT2D eigenvalue weighted by Gasteiger charge is 2.24. The summed E-state index contributed by atoms with van der Waals surface area (Å²) in [4.78, 5) is 26.2. The van der Waals surface area contributed by atoms with Crippen LogP contribution in [0.15, 0.2) is 24.3 Å². The number of rotatable bonds is 49. The van der Waals surface area contributed by atoms with Crippen LogP contribution in [-0.4, -0.2) is 46.9 Å². The predicted octanol–water partition coefficient (Wildman–Crippen LogP) is 16.3. The number of ether oxygens (including phenoxy) is 1. The number of hydrogen-bond acceptors (Lipinski definition) is 5. The first-order valence-corrected chi connectivity index (χ1v) is 27.1. The number of nitrogens with one attached hydrogen (secondary N) is 1. The number of allylic oxidation sites excluding steroid dienone is 4. The maximum absolute atomic E-state index is 13.2. The third-order valence-electron chi connectivity index (χ3n) is 12.6. The van der Waals surface area contributed by atoms with Crippen LogP contribution in [0, 0.1) is 0 Å². The van der Waals surface area contributed by atoms with E-state index in [-0.39, 0.29) is 24.9 Å². The highest BCUT2D eigenvalue weighted by atomic mass is 16.5. The molecule has 1 amide bonds. The molecule has 3 atom stereocenters. The summed E-state index contributed by atoms with van der Waals surface area (Å²) in [6.45, 7) is 6.48. The van der Waals surface area contributed by atoms with Crippen molar-refractivity contribution in [3.8, 4) is 0 Å². The number of aliphatic hydroxyl groups is 2. The van der Waals surface area contributed by atoms with Crippen LogP contribution in [0.4, 0.5) is 0 Å². The largest absolute Gasteiger partial charge is 0.462 e. The van der Waals surface area contributed by atoms with E-state index in [1.54, 1.807) is 0 Å². The maximum Gasteiger partial charge on any atom is 0.306 e. The molecule has 3 N–H and O–H groups in total. The number of esters is 1. The maximum atomic E-state index is 13.2. The van der Waals surface area contributed by atoms with Crippen LogP contribution in [0.25, 0.3) is 0 Å². The number of aliphatic hydroxyl groups excluding tert-OH is 2. The SMILES string of the molecule is CCCCCCCCC/C=C/C=C/CCCC(CC(=O)NC(CO)C(O)CCCCCCCCCCCCC)OC(=O)CCCCCCCCCCCCCCCCCCC. The molecule has 0 aromatic heterocycles. The molecule has 61 heavy (non-hydrogen) atoms. The minimum absolute atomic E-state index is 0.0501. The standard InChI is InChI=1S/C55H105NO5/c1-4-7-10-13-16-19-22-24-26-27-28-30-33-36-39-42-45-48-55(60)61-51(46-43-40-37-34-32-29-25-23-20-17-14-11-8-5-2)49-54(59)56-52(50-57)53(58)47-44-41-38-35-31-21-18-15-12-9-6-3/h29,32,34,37,51-53,57-58H,4-28,30-31,33,35-36,38-50H2,1-3H3,(H,56,59)/b32-29+,37-34+. The quantitative estimate of drug-likeness (QED) is 0.0322. The van der Waals surface area contributed by atoms with Gasteiger partial charge in [-0.05, 0) is 44.9 Å². The molecular weight excluding hydrogens is 755 g/mol. The van der Waals surface area contributed by atoms with Crippen LogP contribution in [-0.2, 0) is 14.3 Å². The van der Waals surface area contributed by atoms with E-state index in [9.17, 15) is 19.8 Å². The lowest BCUT2D eigenvalue weighted by molar-refractivity contribution is -0.151. The molecule has 6 nitrogen and oxygen atoms in total. The second-order valence-corrected chi connectivity index (χ2v) is 18.7. The molecule has 360 valence electrons. The van der Waals surface area contributed by atoms with Gasteiger partial charge < -0.3 is 20.3 Å². The van der Waals surface area contributed by atoms with E-state index < -0.39 is 18.2 Å². The van der Waals surface area contributed by atoms with E-state index in [0.717, 1.165) is 57.8 Å². The van der Waals surface area contributed by atoms with E-state index in [1.807, 2.05) is 0 Å². The molecule has 6 heteroatoms. The van der Waals surface area contributed by atoms with Gasteiger partial charge in [0, 0.05) is 6.42 Å². The Labute approximate surface area is 380 Å². The molecule has 0 rings (SSSR count). The zero-order valence-electron chi connectivity index (χ0n) is 41.1. The summed E-state index contributed by atoms with van der Waals surface area (Å²) >= 11 is 0. The lowest BCUT2D eigenvalue weighted by atomic mass is 10.0. The molecule has 0 aliphatic heterocycles. The Kier molecular flexibility index (Phi) is 48.0. The van der Waals surface area contributed by atoms with Gasteiger partial charge >= 0.3 is 5.97 Å². The highest BCUT2D eigenvalue weighted by molar-refractivity contribution is 5.77. The van der Waals surface area contributed by atoms with Gasteiger partial charge in [0.1, 0.15) is 6.10 Å². The van der Waals surface area contributed by atoms with Gasteiger partial charge in [0.05, 0.1) is 25.2 Å². The Hall–Kier alpha value is -1.66. The van der Waals surface area contributed by atoms with Crippen LogP contribution >= 0.6 is 0 Å². The molecule has 0 radical (unpaired) electrons. The van der Waals surface area contributed by atoms with Crippen molar-refractivity contribution in [3.63, 3.8) is 0 Å². The first-order chi connectivity index (χ1) is 30.0. The van der Waals surface area contributed by atoms with E-state index >= 15 is 0 Å². The fourth-order valence-electron chi connectivity index (χ4n) is 8.43. The van der Waals surface area contributed by atoms with Gasteiger partial charge in [-0.15, -0.1) is 0 Å². The van der Waals surface area contributed by atoms with Gasteiger partial charge in [-0.2, -0.15) is 0 Å². The van der Waals surface area contributed by atoms with Gasteiger partial charge in [-0.25, -0.2) is 0 Å². The molecule has 0 aliphatic rings. The zero-order chi connectivity index (χ0) is 44.5. The van der Waals surface area contributed by atoms with Gasteiger partial charge in [-0.1, -0.05) is 257 Å². The van der Waals surface area contributed by atoms with Crippen LogP contribution in [0.3, 0.4) is 0 Å². The monoisotopic (exact) mass is 860 g/mol. The summed E-state index contributed by atoms with van der Waals surface area (Å²) in [5, 5.41) is 23.7. The Morgan fingerprint density at radius 1 is 0.475 bits per heavy atom. The summed E-state index contributed by atoms with van der Waals surface area (Å²) in [5.74, 6) is -0.505. The van der Waals surface area contributed by atoms with Crippen molar-refractivity contribution in [2.45, 2.75) is 309 Å². The summed E-state index contributed by atoms with van der Waals surface area (Å²) in [7, 11) is 0. The lowest BCUT2D eigenvalue weighted by Gasteiger charge is -2.24. The molecule has 0 heterocycles. The van der Waals surface area contributed by atoms with Crippen molar-refractivity contribution in [2.75, 3.05) is 6.61 Å². The average Bonchev–Trinajstić information content (AvgIpc) is 3.25. The van der Waals surface area contributed by atoms with Gasteiger partial charge in [0.15, 0.2) is 0 Å². The van der Waals surface area contributed by atoms with E-state index in [2.05, 4.69) is 50.4 Å². The van der Waals surface area contributed by atoms with E-state index in [1.165, 1.54) is 186 Å². The number of hydrogen-bond donors (Lipinski definition) is 3. The van der Waals surface area contributed by atoms with Crippen molar-refractivity contribution in [2.24, 2.45) is 0 Å². The van der Waals surface area contributed by atoms with Gasteiger partial charge in [0.25, 0.3) is 0 Å². The Morgan fingerprint density at radius 2 is 0.836 bits per heavy atom. The first-order valence-electron chi connectivity index (χ1n) is 27.1. The van der Waals surface area contributed by atoms with E-state index in [0.29, 0.717) is 19.3 Å². The third-order valence-corrected chi connectivity index (χ3v) is 12.6. The number of carbonyl (C=O) groups is 2. The highest BCUT2D eigenvalue weighted by Crippen LogP contribution is 2.18. The van der Waals surface area contributed by atoms with Crippen LogP contribution in [0.5, 0.6) is 0 Å². The molecule has 3 unspecified atom stereocenters. The second kappa shape index (κ2) is 49.4. The summed E-state index contributed by atoms with van der Waals surface area (Å²) in [6, 6.07) is -0.711. The fraction of sp³-hybridized carbons (Fsp3) is 0.891. The van der Waals surface area contributed by atoms with Crippen LogP contribution in [0.1, 0.15) is 290 Å². The normalized spacial score (nSPS) is 13.3. The molecule has 0 aromatic rings. The predicted molar refractivity (Wildman–Crippen MR) is 264 cm³/mol. The smallest absolute Gasteiger partial charge is 0.306 e. The minimum atomic E-state index is -0.794. The lowest BCUT2D eigenvalue weighted by Crippen LogP contribution is -2.46. The summed E-state index contributed by atoms with van der Waals surface area (Å²) < 4.78 is 5.92. The molecule has 0 aromatic carbocycles. The first kappa shape index (κ1) is 59.3. The molecule has 0 bridgehead atoms. The second-order valence-electron chi connectivity index (χ2n) is 18.7. The molecule has 0 fully saturated rings. The van der Waals surface area contributed by atoms with Gasteiger partial charge in [0.2, 0.25) is 5.91 Å². The van der Waals surface area contributed by atoms with Crippen LogP contribution < -0.4 is 5.32 Å². The van der Waals surface area contributed by atoms with Crippen molar-refractivity contribution in [1.82, 2.24) is 5.32 Å². The average molecular weight is 860 g/mol. The van der Waals surface area contributed by atoms with Gasteiger partial charge in [-0.3, -0.25) is 9.59 Å². The fourth-order valence-corrected chi connectivity index (χ4v) is 8.43. The third kappa shape index (κ3) is 44.7. The summed E-state index contributed by atoms with van der Waals surface area (Å²) in [6.07, 6.45) is 56.8. The molecular formula is C55H105NO5. The Morgan fingerprint density at radius 3 is 1.25 bits per heavy atom. The van der Waals surface area contributed by atoms with Crippen LogP contribution in [0.2, 0.25) is 0 Å². The molecule has 0 saturated heterocycles. The van der Waals surface area contributed by atoms with Crippen molar-refractivity contribution >= 4 is 11.9 Å². The number of carbonyl (C=O) groups excluding carboxylic acids is 2. The van der Waals surface area contributed by atoms with Crippen molar-refractivity contribution in [3.05, 3.63) is 24.3 Å². The van der Waals surface area contributed by atoms with Crippen molar-refractivity contribution in [1.29, 1.82) is 0 Å². The number of unbranched alkanes of at least 4 members (excludes halogenated alkanes) is 34. The number of amides is 1. The Bertz CT molecular complexity index is 966. The zero-order valence-corrected chi connectivity index (χ0v) is 41.1. The Balaban J connectivity index is 4.57. The molecule has 0 saturated carbocycles. The molecule has 0 spiro atoms.